The molecule has 0 saturated heterocycles. The number of nitrogens with one attached hydrogen (secondary N) is 2. The molecule has 5 heteroatoms. The molecule has 0 aliphatic carbocycles. The molecule has 0 aromatic heterocycles. The van der Waals surface area contributed by atoms with Gasteiger partial charge in [-0.25, -0.2) is 0 Å². The Morgan fingerprint density at radius 1 is 0.769 bits per heavy atom. The molecule has 0 radical (unpaired) electrons. The fourth-order valence-electron chi connectivity index (χ4n) is 0.817. The first kappa shape index (κ1) is 12.8. The lowest BCUT2D eigenvalue weighted by Crippen LogP contribution is -2.31. The molecule has 0 aliphatic heterocycles. The molecule has 80 valence electrons. The molecule has 0 atom stereocenters. The zero-order chi connectivity index (χ0) is 9.78. The first-order valence-corrected chi connectivity index (χ1v) is 4.62. The van der Waals surface area contributed by atoms with Gasteiger partial charge in [0.1, 0.15) is 0 Å². The monoisotopic (exact) mass is 192 g/mol. The molecule has 0 unspecified atom stereocenters. The second-order valence-corrected chi connectivity index (χ2v) is 2.56. The van der Waals surface area contributed by atoms with Crippen molar-refractivity contribution in [1.29, 1.82) is 0 Å². The Balaban J connectivity index is 2.76. The van der Waals surface area contributed by atoms with Crippen molar-refractivity contribution in [3.63, 3.8) is 0 Å². The minimum atomic E-state index is 0.0814. The number of rotatable bonds is 10. The summed E-state index contributed by atoms with van der Waals surface area (Å²) in [6.45, 7) is 4.44. The quantitative estimate of drug-likeness (QED) is 0.306. The maximum atomic E-state index is 8.44. The van der Waals surface area contributed by atoms with Crippen LogP contribution in [0.25, 0.3) is 0 Å². The third kappa shape index (κ3) is 11.8. The Labute approximate surface area is 79.1 Å². The second-order valence-electron chi connectivity index (χ2n) is 2.56. The first-order chi connectivity index (χ1) is 6.41. The summed E-state index contributed by atoms with van der Waals surface area (Å²) in [5.74, 6) is 0. The molecule has 0 spiro atoms. The Kier molecular flexibility index (Phi) is 11.6. The van der Waals surface area contributed by atoms with E-state index in [1.807, 2.05) is 0 Å². The molecular formula is C8H20N2O3. The molecule has 0 amide bonds. The number of ether oxygens (including phenoxy) is 1. The predicted octanol–water partition coefficient (Wildman–Crippen LogP) is -1.83. The van der Waals surface area contributed by atoms with E-state index in [-0.39, 0.29) is 13.2 Å². The highest BCUT2D eigenvalue weighted by Crippen LogP contribution is 1.70. The van der Waals surface area contributed by atoms with Crippen molar-refractivity contribution < 1.29 is 14.9 Å². The molecule has 13 heavy (non-hydrogen) atoms. The summed E-state index contributed by atoms with van der Waals surface area (Å²) in [6, 6.07) is 0. The van der Waals surface area contributed by atoms with E-state index >= 15 is 0 Å². The highest BCUT2D eigenvalue weighted by Gasteiger charge is 1.88. The lowest BCUT2D eigenvalue weighted by atomic mass is 10.5. The minimum Gasteiger partial charge on any atom is -0.395 e. The van der Waals surface area contributed by atoms with Gasteiger partial charge in [-0.15, -0.1) is 0 Å². The highest BCUT2D eigenvalue weighted by molar-refractivity contribution is 4.50. The molecule has 0 saturated carbocycles. The topological polar surface area (TPSA) is 73.8 Å². The van der Waals surface area contributed by atoms with Gasteiger partial charge in [-0.2, -0.15) is 0 Å². The van der Waals surface area contributed by atoms with Crippen LogP contribution >= 0.6 is 0 Å². The summed E-state index contributed by atoms with van der Waals surface area (Å²) in [5, 5.41) is 23.0. The fourth-order valence-corrected chi connectivity index (χ4v) is 0.817. The summed E-state index contributed by atoms with van der Waals surface area (Å²) in [4.78, 5) is 0. The van der Waals surface area contributed by atoms with Crippen LogP contribution in [-0.4, -0.2) is 62.8 Å². The number of aliphatic hydroxyl groups is 2. The van der Waals surface area contributed by atoms with Crippen molar-refractivity contribution in [3.05, 3.63) is 0 Å². The standard InChI is InChI=1S/C8H20N2O3/c11-5-3-9-1-2-10-4-7-13-8-6-12/h9-12H,1-8H2. The maximum Gasteiger partial charge on any atom is 0.0698 e. The minimum absolute atomic E-state index is 0.0814. The van der Waals surface area contributed by atoms with E-state index < -0.39 is 0 Å². The Morgan fingerprint density at radius 2 is 1.46 bits per heavy atom. The average molecular weight is 192 g/mol. The molecule has 4 N–H and O–H groups in total. The average Bonchev–Trinajstić information content (AvgIpc) is 2.16. The maximum absolute atomic E-state index is 8.44. The van der Waals surface area contributed by atoms with Crippen LogP contribution in [0.1, 0.15) is 0 Å². The van der Waals surface area contributed by atoms with Crippen LogP contribution in [0, 0.1) is 0 Å². The van der Waals surface area contributed by atoms with Crippen molar-refractivity contribution in [2.45, 2.75) is 0 Å². The highest BCUT2D eigenvalue weighted by atomic mass is 16.5. The second kappa shape index (κ2) is 11.8. The van der Waals surface area contributed by atoms with Crippen molar-refractivity contribution in [1.82, 2.24) is 10.6 Å². The summed E-state index contributed by atoms with van der Waals surface area (Å²) in [6.07, 6.45) is 0. The van der Waals surface area contributed by atoms with Crippen LogP contribution in [0.4, 0.5) is 0 Å². The van der Waals surface area contributed by atoms with E-state index in [2.05, 4.69) is 10.6 Å². The first-order valence-electron chi connectivity index (χ1n) is 4.62. The zero-order valence-corrected chi connectivity index (χ0v) is 7.96. The molecule has 5 nitrogen and oxygen atoms in total. The van der Waals surface area contributed by atoms with E-state index in [0.29, 0.717) is 19.8 Å². The van der Waals surface area contributed by atoms with Gasteiger partial charge in [0.15, 0.2) is 0 Å². The zero-order valence-electron chi connectivity index (χ0n) is 7.96. The van der Waals surface area contributed by atoms with Gasteiger partial charge in [0.05, 0.1) is 26.4 Å². The Bertz CT molecular complexity index is 83.5. The van der Waals surface area contributed by atoms with E-state index in [0.717, 1.165) is 19.6 Å². The van der Waals surface area contributed by atoms with E-state index in [4.69, 9.17) is 14.9 Å². The number of hydrogen-bond donors (Lipinski definition) is 4. The van der Waals surface area contributed by atoms with Crippen LogP contribution in [0.2, 0.25) is 0 Å². The molecule has 0 aromatic rings. The van der Waals surface area contributed by atoms with Crippen molar-refractivity contribution >= 4 is 0 Å². The molecular weight excluding hydrogens is 172 g/mol. The van der Waals surface area contributed by atoms with E-state index in [9.17, 15) is 0 Å². The van der Waals surface area contributed by atoms with Crippen molar-refractivity contribution in [3.8, 4) is 0 Å². The van der Waals surface area contributed by atoms with Gasteiger partial charge in [-0.3, -0.25) is 0 Å². The summed E-state index contributed by atoms with van der Waals surface area (Å²) in [7, 11) is 0. The molecule has 0 aromatic carbocycles. The fraction of sp³-hybridized carbons (Fsp3) is 1.00. The summed E-state index contributed by atoms with van der Waals surface area (Å²) >= 11 is 0. The van der Waals surface area contributed by atoms with Gasteiger partial charge in [-0.05, 0) is 0 Å². The normalized spacial score (nSPS) is 10.6. The lowest BCUT2D eigenvalue weighted by molar-refractivity contribution is 0.0940. The van der Waals surface area contributed by atoms with Crippen LogP contribution in [-0.2, 0) is 4.74 Å². The molecule has 0 fully saturated rings. The van der Waals surface area contributed by atoms with Crippen LogP contribution in [0.15, 0.2) is 0 Å². The third-order valence-corrected chi connectivity index (χ3v) is 1.43. The van der Waals surface area contributed by atoms with Gasteiger partial charge in [0.2, 0.25) is 0 Å². The SMILES string of the molecule is OCCNCCNCCOCCO. The Hall–Kier alpha value is -0.200. The molecule has 0 heterocycles. The number of aliphatic hydroxyl groups excluding tert-OH is 2. The van der Waals surface area contributed by atoms with E-state index in [1.54, 1.807) is 0 Å². The van der Waals surface area contributed by atoms with Crippen LogP contribution < -0.4 is 10.6 Å². The lowest BCUT2D eigenvalue weighted by Gasteiger charge is -2.05. The largest absolute Gasteiger partial charge is 0.395 e. The Morgan fingerprint density at radius 3 is 2.08 bits per heavy atom. The van der Waals surface area contributed by atoms with Gasteiger partial charge in [-0.1, -0.05) is 0 Å². The summed E-state index contributed by atoms with van der Waals surface area (Å²) < 4.78 is 5.04. The van der Waals surface area contributed by atoms with E-state index in [1.165, 1.54) is 0 Å². The summed E-state index contributed by atoms with van der Waals surface area (Å²) in [5.41, 5.74) is 0. The van der Waals surface area contributed by atoms with Crippen LogP contribution in [0.3, 0.4) is 0 Å². The number of hydrogen-bond acceptors (Lipinski definition) is 5. The third-order valence-electron chi connectivity index (χ3n) is 1.43. The predicted molar refractivity (Wildman–Crippen MR) is 50.7 cm³/mol. The molecule has 0 bridgehead atoms. The molecule has 0 rings (SSSR count). The van der Waals surface area contributed by atoms with Gasteiger partial charge < -0.3 is 25.6 Å². The molecule has 0 aliphatic rings. The van der Waals surface area contributed by atoms with Gasteiger partial charge in [0.25, 0.3) is 0 Å². The van der Waals surface area contributed by atoms with Crippen molar-refractivity contribution in [2.75, 3.05) is 52.6 Å². The van der Waals surface area contributed by atoms with Gasteiger partial charge >= 0.3 is 0 Å². The van der Waals surface area contributed by atoms with Crippen LogP contribution in [0.5, 0.6) is 0 Å². The smallest absolute Gasteiger partial charge is 0.0698 e. The van der Waals surface area contributed by atoms with Crippen molar-refractivity contribution in [2.24, 2.45) is 0 Å². The van der Waals surface area contributed by atoms with Gasteiger partial charge in [0, 0.05) is 26.2 Å².